The molecule has 1 fully saturated rings. The molecule has 0 aliphatic heterocycles. The van der Waals surface area contributed by atoms with Gasteiger partial charge in [0.05, 0.1) is 0 Å². The average molecular weight is 254 g/mol. The lowest BCUT2D eigenvalue weighted by Gasteiger charge is -2.18. The first-order valence-electron chi connectivity index (χ1n) is 6.54. The zero-order valence-corrected chi connectivity index (χ0v) is 11.2. The van der Waals surface area contributed by atoms with Crippen molar-refractivity contribution < 1.29 is 19.1 Å². The van der Waals surface area contributed by atoms with E-state index >= 15 is 0 Å². The normalized spacial score (nSPS) is 15.4. The molecule has 1 aliphatic rings. The van der Waals surface area contributed by atoms with Gasteiger partial charge in [0.15, 0.2) is 0 Å². The summed E-state index contributed by atoms with van der Waals surface area (Å²) in [5.41, 5.74) is 1.39. The number of ether oxygens (including phenoxy) is 2. The molecular weight excluding hydrogens is 232 g/mol. The maximum atomic E-state index is 10.8. The number of esters is 2. The molecule has 1 aliphatic carbocycles. The van der Waals surface area contributed by atoms with Crippen LogP contribution in [0.1, 0.15) is 46.0 Å². The molecule has 1 rings (SSSR count). The number of hydrogen-bond acceptors (Lipinski definition) is 4. The van der Waals surface area contributed by atoms with Crippen LogP contribution in [0.15, 0.2) is 11.6 Å². The van der Waals surface area contributed by atoms with Crippen LogP contribution in [0.2, 0.25) is 0 Å². The zero-order valence-electron chi connectivity index (χ0n) is 11.2. The van der Waals surface area contributed by atoms with Gasteiger partial charge in [-0.3, -0.25) is 9.59 Å². The summed E-state index contributed by atoms with van der Waals surface area (Å²) in [6.45, 7) is 3.34. The molecule has 0 radical (unpaired) electrons. The van der Waals surface area contributed by atoms with Gasteiger partial charge in [0.25, 0.3) is 0 Å². The van der Waals surface area contributed by atoms with Crippen LogP contribution in [0.25, 0.3) is 0 Å². The van der Waals surface area contributed by atoms with E-state index in [9.17, 15) is 9.59 Å². The summed E-state index contributed by atoms with van der Waals surface area (Å²) in [4.78, 5) is 21.7. The molecule has 0 atom stereocenters. The van der Waals surface area contributed by atoms with Crippen molar-refractivity contribution >= 4 is 11.9 Å². The maximum absolute atomic E-state index is 10.8. The van der Waals surface area contributed by atoms with Gasteiger partial charge in [-0.15, -0.1) is 0 Å². The van der Waals surface area contributed by atoms with E-state index in [2.05, 4.69) is 6.08 Å². The van der Waals surface area contributed by atoms with Crippen molar-refractivity contribution in [3.05, 3.63) is 11.6 Å². The molecule has 0 heterocycles. The highest BCUT2D eigenvalue weighted by Gasteiger charge is 2.13. The predicted molar refractivity (Wildman–Crippen MR) is 67.9 cm³/mol. The minimum Gasteiger partial charge on any atom is -0.465 e. The van der Waals surface area contributed by atoms with Crippen LogP contribution in [-0.2, 0) is 19.1 Å². The van der Waals surface area contributed by atoms with E-state index in [1.807, 2.05) is 0 Å². The highest BCUT2D eigenvalue weighted by Crippen LogP contribution is 2.24. The largest absolute Gasteiger partial charge is 0.465 e. The van der Waals surface area contributed by atoms with Crippen LogP contribution in [0.4, 0.5) is 0 Å². The van der Waals surface area contributed by atoms with Crippen molar-refractivity contribution in [1.29, 1.82) is 0 Å². The lowest BCUT2D eigenvalue weighted by atomic mass is 9.92. The summed E-state index contributed by atoms with van der Waals surface area (Å²) in [7, 11) is 0. The molecule has 0 bridgehead atoms. The van der Waals surface area contributed by atoms with Gasteiger partial charge in [0, 0.05) is 19.8 Å². The maximum Gasteiger partial charge on any atom is 0.302 e. The van der Waals surface area contributed by atoms with Crippen LogP contribution in [-0.4, -0.2) is 25.2 Å². The molecule has 1 saturated carbocycles. The smallest absolute Gasteiger partial charge is 0.302 e. The summed E-state index contributed by atoms with van der Waals surface area (Å²) in [6.07, 6.45) is 8.06. The summed E-state index contributed by atoms with van der Waals surface area (Å²) in [5, 5.41) is 0. The van der Waals surface area contributed by atoms with Gasteiger partial charge in [-0.05, 0) is 25.7 Å². The number of rotatable bonds is 5. The fourth-order valence-electron chi connectivity index (χ4n) is 2.10. The second-order valence-electron chi connectivity index (χ2n) is 4.75. The number of carbonyl (C=O) groups is 2. The van der Waals surface area contributed by atoms with Crippen molar-refractivity contribution in [2.45, 2.75) is 46.0 Å². The Morgan fingerprint density at radius 1 is 1.06 bits per heavy atom. The lowest BCUT2D eigenvalue weighted by Crippen LogP contribution is -2.18. The monoisotopic (exact) mass is 254 g/mol. The van der Waals surface area contributed by atoms with E-state index in [4.69, 9.17) is 9.47 Å². The Bertz CT molecular complexity index is 294. The Balaban J connectivity index is 2.51. The van der Waals surface area contributed by atoms with Gasteiger partial charge >= 0.3 is 11.9 Å². The van der Waals surface area contributed by atoms with Gasteiger partial charge in [-0.1, -0.05) is 18.1 Å². The molecule has 0 amide bonds. The van der Waals surface area contributed by atoms with E-state index < -0.39 is 0 Å². The third-order valence-corrected chi connectivity index (χ3v) is 2.97. The second-order valence-corrected chi connectivity index (χ2v) is 4.75. The van der Waals surface area contributed by atoms with Crippen LogP contribution in [0.3, 0.4) is 0 Å². The minimum absolute atomic E-state index is 0.0223. The average Bonchev–Trinajstić information content (AvgIpc) is 2.33. The molecule has 0 unspecified atom stereocenters. The topological polar surface area (TPSA) is 52.6 Å². The molecule has 0 saturated heterocycles. The van der Waals surface area contributed by atoms with Crippen LogP contribution in [0, 0.1) is 5.92 Å². The summed E-state index contributed by atoms with van der Waals surface area (Å²) >= 11 is 0. The van der Waals surface area contributed by atoms with Crippen LogP contribution < -0.4 is 0 Å². The zero-order chi connectivity index (χ0) is 13.4. The van der Waals surface area contributed by atoms with E-state index in [1.165, 1.54) is 38.7 Å². The van der Waals surface area contributed by atoms with E-state index in [0.717, 1.165) is 12.8 Å². The molecule has 0 aromatic carbocycles. The number of carbonyl (C=O) groups excluding carboxylic acids is 2. The van der Waals surface area contributed by atoms with Crippen molar-refractivity contribution in [1.82, 2.24) is 0 Å². The summed E-state index contributed by atoms with van der Waals surface area (Å²) in [6, 6.07) is 0. The Labute approximate surface area is 108 Å². The lowest BCUT2D eigenvalue weighted by molar-refractivity contribution is -0.145. The van der Waals surface area contributed by atoms with Gasteiger partial charge in [0.2, 0.25) is 0 Å². The first-order valence-corrected chi connectivity index (χ1v) is 6.54. The van der Waals surface area contributed by atoms with E-state index in [-0.39, 0.29) is 31.1 Å². The first kappa shape index (κ1) is 14.7. The Kier molecular flexibility index (Phi) is 6.47. The third kappa shape index (κ3) is 6.42. The molecule has 0 spiro atoms. The Morgan fingerprint density at radius 2 is 1.56 bits per heavy atom. The molecule has 18 heavy (non-hydrogen) atoms. The van der Waals surface area contributed by atoms with Crippen LogP contribution >= 0.6 is 0 Å². The first-order chi connectivity index (χ1) is 8.58. The Morgan fingerprint density at radius 3 is 2.00 bits per heavy atom. The van der Waals surface area contributed by atoms with Crippen LogP contribution in [0.5, 0.6) is 0 Å². The predicted octanol–water partition coefficient (Wildman–Crippen LogP) is 2.62. The summed E-state index contributed by atoms with van der Waals surface area (Å²) < 4.78 is 10.0. The van der Waals surface area contributed by atoms with Gasteiger partial charge in [-0.2, -0.15) is 0 Å². The quantitative estimate of drug-likeness (QED) is 0.559. The van der Waals surface area contributed by atoms with Crippen molar-refractivity contribution in [2.75, 3.05) is 13.2 Å². The van der Waals surface area contributed by atoms with E-state index in [0.29, 0.717) is 0 Å². The highest BCUT2D eigenvalue weighted by molar-refractivity contribution is 5.66. The second kappa shape index (κ2) is 7.90. The third-order valence-electron chi connectivity index (χ3n) is 2.97. The standard InChI is InChI=1S/C14H22O4/c1-11(15)17-9-14(10-18-12(2)16)8-13-6-4-3-5-7-13/h8,14H,3-7,9-10H2,1-2H3. The summed E-state index contributed by atoms with van der Waals surface area (Å²) in [5.74, 6) is -0.624. The molecule has 102 valence electrons. The van der Waals surface area contributed by atoms with Gasteiger partial charge < -0.3 is 9.47 Å². The van der Waals surface area contributed by atoms with Crippen molar-refractivity contribution in [3.8, 4) is 0 Å². The van der Waals surface area contributed by atoms with Crippen molar-refractivity contribution in [2.24, 2.45) is 5.92 Å². The number of allylic oxidation sites excluding steroid dienone is 1. The molecule has 0 aromatic heterocycles. The Hall–Kier alpha value is -1.32. The molecule has 4 heteroatoms. The highest BCUT2D eigenvalue weighted by atomic mass is 16.5. The molecular formula is C14H22O4. The molecule has 4 nitrogen and oxygen atoms in total. The van der Waals surface area contributed by atoms with Crippen molar-refractivity contribution in [3.63, 3.8) is 0 Å². The van der Waals surface area contributed by atoms with Gasteiger partial charge in [0.1, 0.15) is 13.2 Å². The number of hydrogen-bond donors (Lipinski definition) is 0. The van der Waals surface area contributed by atoms with E-state index in [1.54, 1.807) is 0 Å². The minimum atomic E-state index is -0.301. The van der Waals surface area contributed by atoms with Gasteiger partial charge in [-0.25, -0.2) is 0 Å². The fourth-order valence-corrected chi connectivity index (χ4v) is 2.10. The molecule has 0 N–H and O–H groups in total. The fraction of sp³-hybridized carbons (Fsp3) is 0.714. The molecule has 0 aromatic rings. The SMILES string of the molecule is CC(=O)OCC(C=C1CCCCC1)COC(C)=O.